The van der Waals surface area contributed by atoms with Gasteiger partial charge in [0.05, 0.1) is 15.6 Å². The van der Waals surface area contributed by atoms with Crippen molar-refractivity contribution < 1.29 is 4.74 Å². The Labute approximate surface area is 214 Å². The summed E-state index contributed by atoms with van der Waals surface area (Å²) in [5.74, 6) is 1.74. The summed E-state index contributed by atoms with van der Waals surface area (Å²) >= 11 is 12.6. The summed E-state index contributed by atoms with van der Waals surface area (Å²) in [6.07, 6.45) is 7.32. The van der Waals surface area contributed by atoms with Gasteiger partial charge in [0, 0.05) is 60.8 Å². The minimum atomic E-state index is -0.341. The molecule has 2 fully saturated rings. The number of anilines is 1. The van der Waals surface area contributed by atoms with Gasteiger partial charge in [-0.05, 0) is 56.6 Å². The topological polar surface area (TPSA) is 70.2 Å². The summed E-state index contributed by atoms with van der Waals surface area (Å²) in [5, 5.41) is 9.62. The first-order chi connectivity index (χ1) is 17.1. The fraction of sp³-hybridized carbons (Fsp3) is 0.346. The smallest absolute Gasteiger partial charge is 0.128 e. The number of hydrogen-bond acceptors (Lipinski definition) is 6. The molecule has 35 heavy (non-hydrogen) atoms. The second-order valence-electron chi connectivity index (χ2n) is 9.24. The van der Waals surface area contributed by atoms with Crippen molar-refractivity contribution in [3.8, 4) is 17.0 Å². The lowest BCUT2D eigenvalue weighted by Gasteiger charge is -2.38. The van der Waals surface area contributed by atoms with Gasteiger partial charge in [-0.15, -0.1) is 0 Å². The number of H-pyrrole nitrogens is 1. The van der Waals surface area contributed by atoms with Crippen LogP contribution in [-0.2, 0) is 0 Å². The maximum absolute atomic E-state index is 6.31. The van der Waals surface area contributed by atoms with Crippen LogP contribution in [0.15, 0.2) is 48.9 Å². The zero-order chi connectivity index (χ0) is 23.9. The normalized spacial score (nSPS) is 19.2. The van der Waals surface area contributed by atoms with Crippen molar-refractivity contribution in [2.24, 2.45) is 0 Å². The predicted octanol–water partition coefficient (Wildman–Crippen LogP) is 5.75. The fourth-order valence-electron chi connectivity index (χ4n) is 5.27. The number of pyridine rings is 2. The fourth-order valence-corrected chi connectivity index (χ4v) is 5.94. The summed E-state index contributed by atoms with van der Waals surface area (Å²) in [5.41, 5.74) is 3.46. The highest BCUT2D eigenvalue weighted by atomic mass is 35.5. The van der Waals surface area contributed by atoms with Crippen LogP contribution in [0.2, 0.25) is 10.0 Å². The molecule has 4 aromatic rings. The SMILES string of the molecule is CC(Oc1ccc2[nH]nc(-c3ccc(N4CCN5CCC[C@H]5C4)nc3)c2c1)c1c(Cl)cncc1Cl. The molecule has 180 valence electrons. The van der Waals surface area contributed by atoms with E-state index in [1.165, 1.54) is 19.4 Å². The van der Waals surface area contributed by atoms with Gasteiger partial charge >= 0.3 is 0 Å². The van der Waals surface area contributed by atoms with E-state index in [1.807, 2.05) is 31.3 Å². The zero-order valence-electron chi connectivity index (χ0n) is 19.4. The molecule has 5 heterocycles. The molecular formula is C26H26Cl2N6O. The Hall–Kier alpha value is -2.87. The maximum Gasteiger partial charge on any atom is 0.128 e. The average molecular weight is 509 g/mol. The minimum absolute atomic E-state index is 0.341. The summed E-state index contributed by atoms with van der Waals surface area (Å²) < 4.78 is 6.20. The summed E-state index contributed by atoms with van der Waals surface area (Å²) in [7, 11) is 0. The molecule has 6 rings (SSSR count). The molecular weight excluding hydrogens is 483 g/mol. The summed E-state index contributed by atoms with van der Waals surface area (Å²) in [6.45, 7) is 6.36. The van der Waals surface area contributed by atoms with Gasteiger partial charge < -0.3 is 9.64 Å². The first kappa shape index (κ1) is 22.6. The van der Waals surface area contributed by atoms with Gasteiger partial charge in [-0.2, -0.15) is 5.10 Å². The lowest BCUT2D eigenvalue weighted by molar-refractivity contribution is 0.227. The highest BCUT2D eigenvalue weighted by Crippen LogP contribution is 2.35. The third kappa shape index (κ3) is 4.33. The van der Waals surface area contributed by atoms with E-state index < -0.39 is 0 Å². The number of fused-ring (bicyclic) bond motifs is 2. The number of nitrogens with zero attached hydrogens (tertiary/aromatic N) is 5. The molecule has 1 unspecified atom stereocenters. The highest BCUT2D eigenvalue weighted by molar-refractivity contribution is 6.35. The van der Waals surface area contributed by atoms with Crippen LogP contribution in [0.5, 0.6) is 5.75 Å². The molecule has 0 aliphatic carbocycles. The van der Waals surface area contributed by atoms with Crippen molar-refractivity contribution in [1.29, 1.82) is 0 Å². The lowest BCUT2D eigenvalue weighted by Crippen LogP contribution is -2.50. The van der Waals surface area contributed by atoms with Crippen molar-refractivity contribution >= 4 is 39.9 Å². The van der Waals surface area contributed by atoms with Crippen LogP contribution in [0.3, 0.4) is 0 Å². The number of aromatic amines is 1. The number of halogens is 2. The van der Waals surface area contributed by atoms with E-state index in [4.69, 9.17) is 32.9 Å². The van der Waals surface area contributed by atoms with Gasteiger partial charge in [-0.1, -0.05) is 23.2 Å². The van der Waals surface area contributed by atoms with E-state index in [9.17, 15) is 0 Å². The van der Waals surface area contributed by atoms with Crippen LogP contribution in [0.25, 0.3) is 22.2 Å². The molecule has 1 N–H and O–H groups in total. The maximum atomic E-state index is 6.31. The first-order valence-electron chi connectivity index (χ1n) is 12.0. The second-order valence-corrected chi connectivity index (χ2v) is 10.1. The number of hydrogen-bond donors (Lipinski definition) is 1. The van der Waals surface area contributed by atoms with Crippen molar-refractivity contribution in [1.82, 2.24) is 25.1 Å². The molecule has 0 saturated carbocycles. The largest absolute Gasteiger partial charge is 0.486 e. The molecule has 2 atom stereocenters. The average Bonchev–Trinajstić information content (AvgIpc) is 3.50. The molecule has 2 aliphatic rings. The Bertz CT molecular complexity index is 1340. The monoisotopic (exact) mass is 508 g/mol. The van der Waals surface area contributed by atoms with Crippen LogP contribution >= 0.6 is 23.2 Å². The quantitative estimate of drug-likeness (QED) is 0.370. The van der Waals surface area contributed by atoms with Gasteiger partial charge in [0.25, 0.3) is 0 Å². The van der Waals surface area contributed by atoms with E-state index in [0.29, 0.717) is 27.4 Å². The first-order valence-corrected chi connectivity index (χ1v) is 12.7. The van der Waals surface area contributed by atoms with Gasteiger partial charge in [-0.25, -0.2) is 4.98 Å². The van der Waals surface area contributed by atoms with E-state index in [0.717, 1.165) is 47.6 Å². The molecule has 1 aromatic carbocycles. The number of benzene rings is 1. The number of ether oxygens (including phenoxy) is 1. The summed E-state index contributed by atoms with van der Waals surface area (Å²) in [6, 6.07) is 10.7. The Balaban J connectivity index is 1.23. The van der Waals surface area contributed by atoms with Crippen LogP contribution < -0.4 is 9.64 Å². The lowest BCUT2D eigenvalue weighted by atomic mass is 10.1. The third-order valence-electron chi connectivity index (χ3n) is 7.08. The molecule has 9 heteroatoms. The third-order valence-corrected chi connectivity index (χ3v) is 7.68. The standard InChI is InChI=1S/C26H26Cl2N6O/c1-16(25-21(27)13-29-14-22(25)28)35-19-5-6-23-20(11-19)26(32-31-23)17-4-7-24(30-12-17)34-10-9-33-8-2-3-18(33)15-34/h4-7,11-14,16,18H,2-3,8-10,15H2,1H3,(H,31,32)/t16?,18-/m0/s1. The molecule has 0 amide bonds. The second kappa shape index (κ2) is 9.30. The van der Waals surface area contributed by atoms with E-state index in [1.54, 1.807) is 12.4 Å². The molecule has 0 bridgehead atoms. The predicted molar refractivity (Wildman–Crippen MR) is 139 cm³/mol. The Morgan fingerprint density at radius 3 is 2.71 bits per heavy atom. The number of aromatic nitrogens is 4. The Morgan fingerprint density at radius 2 is 1.91 bits per heavy atom. The molecule has 0 spiro atoms. The number of piperazine rings is 1. The number of nitrogens with one attached hydrogen (secondary N) is 1. The van der Waals surface area contributed by atoms with Crippen molar-refractivity contribution in [2.45, 2.75) is 31.9 Å². The van der Waals surface area contributed by atoms with Gasteiger partial charge in [0.15, 0.2) is 0 Å². The van der Waals surface area contributed by atoms with Crippen molar-refractivity contribution in [2.75, 3.05) is 31.1 Å². The molecule has 0 radical (unpaired) electrons. The van der Waals surface area contributed by atoms with Gasteiger partial charge in [0.2, 0.25) is 0 Å². The Kier molecular flexibility index (Phi) is 6.00. The van der Waals surface area contributed by atoms with Crippen LogP contribution in [0, 0.1) is 0 Å². The molecule has 3 aromatic heterocycles. The van der Waals surface area contributed by atoms with Crippen LogP contribution in [0.4, 0.5) is 5.82 Å². The van der Waals surface area contributed by atoms with Crippen LogP contribution in [-0.4, -0.2) is 57.3 Å². The van der Waals surface area contributed by atoms with E-state index >= 15 is 0 Å². The van der Waals surface area contributed by atoms with E-state index in [2.05, 4.69) is 37.1 Å². The minimum Gasteiger partial charge on any atom is -0.486 e. The zero-order valence-corrected chi connectivity index (χ0v) is 20.9. The van der Waals surface area contributed by atoms with E-state index in [-0.39, 0.29) is 6.10 Å². The van der Waals surface area contributed by atoms with Gasteiger partial charge in [0.1, 0.15) is 23.4 Å². The molecule has 2 saturated heterocycles. The molecule has 2 aliphatic heterocycles. The van der Waals surface area contributed by atoms with Crippen molar-refractivity contribution in [3.05, 3.63) is 64.5 Å². The Morgan fingerprint density at radius 1 is 1.06 bits per heavy atom. The highest BCUT2D eigenvalue weighted by Gasteiger charge is 2.31. The number of rotatable bonds is 5. The summed E-state index contributed by atoms with van der Waals surface area (Å²) in [4.78, 5) is 13.8. The van der Waals surface area contributed by atoms with Gasteiger partial charge in [-0.3, -0.25) is 15.0 Å². The van der Waals surface area contributed by atoms with Crippen molar-refractivity contribution in [3.63, 3.8) is 0 Å². The molecule has 7 nitrogen and oxygen atoms in total. The van der Waals surface area contributed by atoms with Crippen LogP contribution in [0.1, 0.15) is 31.4 Å².